The second-order valence-corrected chi connectivity index (χ2v) is 10.1. The third-order valence-corrected chi connectivity index (χ3v) is 4.14. The van der Waals surface area contributed by atoms with Gasteiger partial charge in [0.25, 0.3) is 4.51 Å². The minimum Gasteiger partial charge on any atom is -0.436 e. The van der Waals surface area contributed by atoms with Gasteiger partial charge in [-0.25, -0.2) is 0 Å². The number of halogens is 1. The van der Waals surface area contributed by atoms with E-state index in [1.54, 1.807) is 0 Å². The number of hydrogen-bond donors (Lipinski definition) is 0. The first kappa shape index (κ1) is 11.7. The fourth-order valence-corrected chi connectivity index (χ4v) is 2.47. The summed E-state index contributed by atoms with van der Waals surface area (Å²) in [5.41, 5.74) is 0. The Hall–Kier alpha value is -0.383. The zero-order valence-electron chi connectivity index (χ0n) is 8.50. The quantitative estimate of drug-likeness (QED) is 0.449. The average molecular weight is 245 g/mol. The van der Waals surface area contributed by atoms with Crippen LogP contribution in [0, 0.1) is 0 Å². The molecular weight excluding hydrogens is 232 g/mol. The van der Waals surface area contributed by atoms with Gasteiger partial charge in [0.15, 0.2) is 0 Å². The van der Waals surface area contributed by atoms with Crippen LogP contribution in [-0.2, 0) is 0 Å². The highest BCUT2D eigenvalue weighted by atomic mass is 35.5. The minimum absolute atomic E-state index is 0.0331. The lowest BCUT2D eigenvalue weighted by atomic mass is 10.3. The first-order valence-corrected chi connectivity index (χ1v) is 8.66. The third kappa shape index (κ3) is 3.40. The summed E-state index contributed by atoms with van der Waals surface area (Å²) < 4.78 is 5.13. The highest BCUT2D eigenvalue weighted by Crippen LogP contribution is 2.12. The molecule has 0 unspecified atom stereocenters. The summed E-state index contributed by atoms with van der Waals surface area (Å²) >= 11 is 10.1. The van der Waals surface area contributed by atoms with Crippen molar-refractivity contribution in [2.45, 2.75) is 19.6 Å². The lowest BCUT2D eigenvalue weighted by molar-refractivity contribution is 0.578. The van der Waals surface area contributed by atoms with Crippen molar-refractivity contribution in [1.29, 1.82) is 0 Å². The predicted molar refractivity (Wildman–Crippen MR) is 68.5 cm³/mol. The topological polar surface area (TPSA) is 9.23 Å². The van der Waals surface area contributed by atoms with Gasteiger partial charge in [0.1, 0.15) is 5.75 Å². The number of hydrogen-bond acceptors (Lipinski definition) is 2. The van der Waals surface area contributed by atoms with E-state index in [9.17, 15) is 0 Å². The van der Waals surface area contributed by atoms with E-state index in [1.807, 2.05) is 12.1 Å². The molecule has 0 radical (unpaired) electrons. The van der Waals surface area contributed by atoms with Gasteiger partial charge in [-0.05, 0) is 36.0 Å². The fourth-order valence-electron chi connectivity index (χ4n) is 1.12. The molecule has 0 bridgehead atoms. The van der Waals surface area contributed by atoms with Crippen LogP contribution in [0.15, 0.2) is 24.3 Å². The predicted octanol–water partition coefficient (Wildman–Crippen LogP) is 3.13. The van der Waals surface area contributed by atoms with E-state index >= 15 is 0 Å². The summed E-state index contributed by atoms with van der Waals surface area (Å²) in [6.07, 6.45) is 0. The van der Waals surface area contributed by atoms with Crippen LogP contribution in [-0.4, -0.2) is 12.6 Å². The van der Waals surface area contributed by atoms with Crippen LogP contribution in [0.4, 0.5) is 0 Å². The van der Waals surface area contributed by atoms with Gasteiger partial charge in [0.05, 0.1) is 8.07 Å². The molecule has 0 N–H and O–H groups in total. The first-order chi connectivity index (χ1) is 6.39. The lowest BCUT2D eigenvalue weighted by Gasteiger charge is -2.16. The maximum absolute atomic E-state index is 5.46. The number of ether oxygens (including phenoxy) is 1. The van der Waals surface area contributed by atoms with Crippen molar-refractivity contribution in [3.8, 4) is 5.75 Å². The Kier molecular flexibility index (Phi) is 3.69. The zero-order chi connectivity index (χ0) is 10.8. The first-order valence-electron chi connectivity index (χ1n) is 4.37. The van der Waals surface area contributed by atoms with E-state index in [4.69, 9.17) is 16.3 Å². The molecule has 1 nitrogen and oxygen atoms in total. The maximum atomic E-state index is 5.46. The second kappa shape index (κ2) is 4.42. The van der Waals surface area contributed by atoms with Crippen molar-refractivity contribution in [2.24, 2.45) is 0 Å². The van der Waals surface area contributed by atoms with Crippen LogP contribution < -0.4 is 9.92 Å². The van der Waals surface area contributed by atoms with Crippen LogP contribution in [0.25, 0.3) is 0 Å². The van der Waals surface area contributed by atoms with Gasteiger partial charge in [-0.2, -0.15) is 0 Å². The molecule has 4 heteroatoms. The van der Waals surface area contributed by atoms with E-state index in [1.165, 1.54) is 5.19 Å². The lowest BCUT2D eigenvalue weighted by Crippen LogP contribution is -2.37. The molecule has 0 saturated carbocycles. The maximum Gasteiger partial charge on any atom is 0.260 e. The smallest absolute Gasteiger partial charge is 0.260 e. The minimum atomic E-state index is -1.22. The van der Waals surface area contributed by atoms with E-state index in [2.05, 4.69) is 44.0 Å². The molecule has 1 rings (SSSR count). The SMILES string of the molecule is C[Si](C)(C)c1ccc(OC(=S)Cl)cc1. The number of rotatable bonds is 2. The number of thiocarbonyl (C=S) groups is 1. The van der Waals surface area contributed by atoms with Crippen molar-refractivity contribution in [3.63, 3.8) is 0 Å². The van der Waals surface area contributed by atoms with Crippen LogP contribution in [0.3, 0.4) is 0 Å². The van der Waals surface area contributed by atoms with Crippen LogP contribution >= 0.6 is 23.8 Å². The van der Waals surface area contributed by atoms with Crippen LogP contribution in [0.1, 0.15) is 0 Å². The van der Waals surface area contributed by atoms with Gasteiger partial charge in [0, 0.05) is 0 Å². The molecule has 1 aromatic carbocycles. The standard InChI is InChI=1S/C10H13ClOSSi/c1-14(2,3)9-6-4-8(5-7-9)12-10(11)13/h4-7H,1-3H3. The van der Waals surface area contributed by atoms with Gasteiger partial charge >= 0.3 is 0 Å². The molecule has 0 aliphatic rings. The molecule has 0 fully saturated rings. The Labute approximate surface area is 96.0 Å². The second-order valence-electron chi connectivity index (χ2n) is 4.11. The van der Waals surface area contributed by atoms with Crippen molar-refractivity contribution in [3.05, 3.63) is 24.3 Å². The van der Waals surface area contributed by atoms with Crippen molar-refractivity contribution < 1.29 is 4.74 Å². The monoisotopic (exact) mass is 244 g/mol. The molecule has 0 atom stereocenters. The summed E-state index contributed by atoms with van der Waals surface area (Å²) in [6.45, 7) is 6.90. The number of benzene rings is 1. The molecule has 0 aliphatic heterocycles. The Morgan fingerprint density at radius 1 is 1.21 bits per heavy atom. The molecule has 0 aromatic heterocycles. The molecule has 1 aromatic rings. The third-order valence-electron chi connectivity index (χ3n) is 1.92. The molecular formula is C10H13ClOSSi. The summed E-state index contributed by atoms with van der Waals surface area (Å²) in [5, 5.41) is 1.39. The van der Waals surface area contributed by atoms with Gasteiger partial charge in [-0.15, -0.1) is 0 Å². The van der Waals surface area contributed by atoms with Crippen LogP contribution in [0.5, 0.6) is 5.75 Å². The van der Waals surface area contributed by atoms with Gasteiger partial charge in [-0.3, -0.25) is 0 Å². The van der Waals surface area contributed by atoms with Gasteiger partial charge in [0.2, 0.25) is 0 Å². The fraction of sp³-hybridized carbons (Fsp3) is 0.300. The molecule has 0 amide bonds. The average Bonchev–Trinajstić information content (AvgIpc) is 2.02. The van der Waals surface area contributed by atoms with E-state index in [-0.39, 0.29) is 4.51 Å². The van der Waals surface area contributed by atoms with Crippen molar-refractivity contribution in [2.75, 3.05) is 0 Å². The summed E-state index contributed by atoms with van der Waals surface area (Å²) in [4.78, 5) is 0. The van der Waals surface area contributed by atoms with E-state index in [0.717, 1.165) is 0 Å². The molecule has 0 saturated heterocycles. The molecule has 0 aliphatic carbocycles. The van der Waals surface area contributed by atoms with Crippen molar-refractivity contribution in [1.82, 2.24) is 0 Å². The van der Waals surface area contributed by atoms with E-state index in [0.29, 0.717) is 5.75 Å². The summed E-state index contributed by atoms with van der Waals surface area (Å²) in [5.74, 6) is 0.701. The molecule has 0 spiro atoms. The summed E-state index contributed by atoms with van der Waals surface area (Å²) in [7, 11) is -1.22. The van der Waals surface area contributed by atoms with E-state index < -0.39 is 8.07 Å². The normalized spacial score (nSPS) is 11.1. The zero-order valence-corrected chi connectivity index (χ0v) is 11.1. The van der Waals surface area contributed by atoms with Crippen molar-refractivity contribution >= 4 is 41.6 Å². The molecule has 76 valence electrons. The Morgan fingerprint density at radius 2 is 1.71 bits per heavy atom. The molecule has 0 heterocycles. The Balaban J connectivity index is 2.84. The highest BCUT2D eigenvalue weighted by molar-refractivity contribution is 7.82. The van der Waals surface area contributed by atoms with Gasteiger partial charge in [-0.1, -0.05) is 37.0 Å². The van der Waals surface area contributed by atoms with Crippen LogP contribution in [0.2, 0.25) is 19.6 Å². The van der Waals surface area contributed by atoms with Gasteiger partial charge < -0.3 is 4.74 Å². The highest BCUT2D eigenvalue weighted by Gasteiger charge is 2.15. The summed E-state index contributed by atoms with van der Waals surface area (Å²) in [6, 6.07) is 7.97. The largest absolute Gasteiger partial charge is 0.436 e. The Bertz CT molecular complexity index is 329. The molecule has 14 heavy (non-hydrogen) atoms. The Morgan fingerprint density at radius 3 is 2.07 bits per heavy atom.